The molecule has 1 aromatic carbocycles. The van der Waals surface area contributed by atoms with E-state index in [0.29, 0.717) is 19.2 Å². The van der Waals surface area contributed by atoms with Gasteiger partial charge in [-0.25, -0.2) is 12.8 Å². The minimum absolute atomic E-state index is 0.0490. The Labute approximate surface area is 147 Å². The topological polar surface area (TPSA) is 51.0 Å². The summed E-state index contributed by atoms with van der Waals surface area (Å²) in [4.78, 5) is 1.43. The molecule has 24 heavy (non-hydrogen) atoms. The second-order valence-electron chi connectivity index (χ2n) is 6.42. The molecule has 5 nitrogen and oxygen atoms in total. The number of halogens is 2. The van der Waals surface area contributed by atoms with Crippen LogP contribution >= 0.6 is 11.6 Å². The van der Waals surface area contributed by atoms with Crippen molar-refractivity contribution in [1.29, 1.82) is 0 Å². The van der Waals surface area contributed by atoms with Crippen molar-refractivity contribution in [2.24, 2.45) is 0 Å². The number of rotatable bonds is 4. The highest BCUT2D eigenvalue weighted by atomic mass is 35.5. The molecule has 134 valence electrons. The van der Waals surface area contributed by atoms with Crippen molar-refractivity contribution in [2.75, 3.05) is 39.3 Å². The summed E-state index contributed by atoms with van der Waals surface area (Å²) in [7, 11) is -3.62. The molecule has 1 N–H and O–H groups in total. The summed E-state index contributed by atoms with van der Waals surface area (Å²) >= 11 is 5.71. The van der Waals surface area contributed by atoms with E-state index in [2.05, 4.69) is 0 Å². The van der Waals surface area contributed by atoms with E-state index in [4.69, 9.17) is 16.3 Å². The van der Waals surface area contributed by atoms with E-state index >= 15 is 0 Å². The number of quaternary nitrogens is 1. The van der Waals surface area contributed by atoms with Crippen LogP contribution in [0.5, 0.6) is 0 Å². The molecular formula is C16H23ClFN2O3S+. The van der Waals surface area contributed by atoms with Crippen LogP contribution in [0, 0.1) is 5.82 Å². The Bertz CT molecular complexity index is 672. The van der Waals surface area contributed by atoms with Crippen molar-refractivity contribution in [3.63, 3.8) is 0 Å². The average Bonchev–Trinajstić information content (AvgIpc) is 2.58. The van der Waals surface area contributed by atoms with Crippen molar-refractivity contribution in [3.05, 3.63) is 29.0 Å². The first-order valence-corrected chi connectivity index (χ1v) is 10.2. The molecular weight excluding hydrogens is 355 g/mol. The first-order chi connectivity index (χ1) is 11.5. The summed E-state index contributed by atoms with van der Waals surface area (Å²) in [5.41, 5.74) is 0. The van der Waals surface area contributed by atoms with Crippen LogP contribution in [0.1, 0.15) is 19.3 Å². The van der Waals surface area contributed by atoms with Gasteiger partial charge in [-0.15, -0.1) is 0 Å². The van der Waals surface area contributed by atoms with Gasteiger partial charge in [0, 0.05) is 6.61 Å². The van der Waals surface area contributed by atoms with Gasteiger partial charge in [0.05, 0.1) is 36.1 Å². The highest BCUT2D eigenvalue weighted by molar-refractivity contribution is 7.89. The van der Waals surface area contributed by atoms with Crippen molar-refractivity contribution in [1.82, 2.24) is 4.31 Å². The molecule has 0 aliphatic carbocycles. The second-order valence-corrected chi connectivity index (χ2v) is 8.77. The average molecular weight is 378 g/mol. The van der Waals surface area contributed by atoms with Gasteiger partial charge in [0.2, 0.25) is 10.0 Å². The molecule has 3 rings (SSSR count). The zero-order valence-corrected chi connectivity index (χ0v) is 15.1. The molecule has 0 amide bonds. The van der Waals surface area contributed by atoms with E-state index < -0.39 is 15.8 Å². The fraction of sp³-hybridized carbons (Fsp3) is 0.625. The summed E-state index contributed by atoms with van der Waals surface area (Å²) in [6.07, 6.45) is 3.74. The maximum Gasteiger partial charge on any atom is 0.243 e. The summed E-state index contributed by atoms with van der Waals surface area (Å²) in [5.74, 6) is -0.614. The number of nitrogens with one attached hydrogen (secondary N) is 1. The van der Waals surface area contributed by atoms with E-state index in [-0.39, 0.29) is 9.92 Å². The molecule has 2 fully saturated rings. The molecule has 0 bridgehead atoms. The maximum absolute atomic E-state index is 13.2. The van der Waals surface area contributed by atoms with Gasteiger partial charge in [0.25, 0.3) is 0 Å². The molecule has 2 saturated heterocycles. The fourth-order valence-corrected chi connectivity index (χ4v) is 5.04. The molecule has 0 unspecified atom stereocenters. The second kappa shape index (κ2) is 7.66. The molecule has 2 heterocycles. The van der Waals surface area contributed by atoms with Gasteiger partial charge in [-0.1, -0.05) is 11.6 Å². The van der Waals surface area contributed by atoms with Crippen LogP contribution in [-0.2, 0) is 14.8 Å². The zero-order chi connectivity index (χ0) is 17.2. The minimum Gasteiger partial charge on any atom is -0.372 e. The quantitative estimate of drug-likeness (QED) is 0.849. The Balaban J connectivity index is 1.59. The molecule has 1 atom stereocenters. The van der Waals surface area contributed by atoms with Gasteiger partial charge in [-0.05, 0) is 37.5 Å². The van der Waals surface area contributed by atoms with Crippen LogP contribution < -0.4 is 4.90 Å². The van der Waals surface area contributed by atoms with Crippen molar-refractivity contribution < 1.29 is 22.4 Å². The van der Waals surface area contributed by atoms with Gasteiger partial charge >= 0.3 is 0 Å². The van der Waals surface area contributed by atoms with Crippen LogP contribution in [0.15, 0.2) is 23.1 Å². The lowest BCUT2D eigenvalue weighted by Crippen LogP contribution is -3.15. The van der Waals surface area contributed by atoms with Gasteiger partial charge in [-0.3, -0.25) is 0 Å². The molecule has 2 aliphatic heterocycles. The van der Waals surface area contributed by atoms with Gasteiger partial charge < -0.3 is 9.64 Å². The van der Waals surface area contributed by atoms with Crippen LogP contribution in [0.3, 0.4) is 0 Å². The van der Waals surface area contributed by atoms with Crippen LogP contribution in [0.4, 0.5) is 4.39 Å². The number of sulfonamides is 1. The van der Waals surface area contributed by atoms with Gasteiger partial charge in [-0.2, -0.15) is 4.31 Å². The smallest absolute Gasteiger partial charge is 0.243 e. The van der Waals surface area contributed by atoms with Crippen LogP contribution in [0.25, 0.3) is 0 Å². The maximum atomic E-state index is 13.2. The summed E-state index contributed by atoms with van der Waals surface area (Å²) in [6, 6.07) is 3.55. The largest absolute Gasteiger partial charge is 0.372 e. The number of nitrogens with zero attached hydrogens (tertiary/aromatic N) is 1. The number of hydrogen-bond donors (Lipinski definition) is 1. The number of hydrogen-bond acceptors (Lipinski definition) is 3. The number of piperazine rings is 1. The number of ether oxygens (including phenoxy) is 1. The molecule has 0 spiro atoms. The lowest BCUT2D eigenvalue weighted by atomic mass is 10.1. The molecule has 1 aromatic rings. The van der Waals surface area contributed by atoms with E-state index in [1.165, 1.54) is 27.8 Å². The Morgan fingerprint density at radius 2 is 2.04 bits per heavy atom. The highest BCUT2D eigenvalue weighted by Gasteiger charge is 2.32. The van der Waals surface area contributed by atoms with E-state index in [9.17, 15) is 12.8 Å². The number of benzene rings is 1. The zero-order valence-electron chi connectivity index (χ0n) is 13.5. The van der Waals surface area contributed by atoms with Crippen LogP contribution in [-0.4, -0.2) is 58.2 Å². The van der Waals surface area contributed by atoms with E-state index in [0.717, 1.165) is 45.1 Å². The van der Waals surface area contributed by atoms with Gasteiger partial charge in [0.15, 0.2) is 0 Å². The Hall–Kier alpha value is -0.730. The van der Waals surface area contributed by atoms with Crippen molar-refractivity contribution >= 4 is 21.6 Å². The lowest BCUT2D eigenvalue weighted by Gasteiger charge is -2.34. The molecule has 0 radical (unpaired) electrons. The van der Waals surface area contributed by atoms with Crippen LogP contribution in [0.2, 0.25) is 5.02 Å². The first-order valence-electron chi connectivity index (χ1n) is 8.37. The third-order valence-electron chi connectivity index (χ3n) is 4.75. The normalized spacial score (nSPS) is 24.2. The van der Waals surface area contributed by atoms with E-state index in [1.54, 1.807) is 0 Å². The standard InChI is InChI=1S/C16H22ClFN2O3S/c17-15-11-14(4-5-16(15)18)24(21,22)20-8-6-19(7-9-20)12-13-3-1-2-10-23-13/h4-5,11,13H,1-3,6-10,12H2/p+1/t13-/m0/s1. The highest BCUT2D eigenvalue weighted by Crippen LogP contribution is 2.22. The van der Waals surface area contributed by atoms with Crippen molar-refractivity contribution in [3.8, 4) is 0 Å². The van der Waals surface area contributed by atoms with Gasteiger partial charge in [0.1, 0.15) is 18.5 Å². The Morgan fingerprint density at radius 3 is 2.67 bits per heavy atom. The minimum atomic E-state index is -3.62. The third kappa shape index (κ3) is 4.08. The molecule has 2 aliphatic rings. The Kier molecular flexibility index (Phi) is 5.77. The first kappa shape index (κ1) is 18.1. The SMILES string of the molecule is O=S(=O)(c1ccc(F)c(Cl)c1)N1CC[NH+](C[C@@H]2CCCCO2)CC1. The monoisotopic (exact) mass is 377 g/mol. The molecule has 0 aromatic heterocycles. The summed E-state index contributed by atoms with van der Waals surface area (Å²) in [6.45, 7) is 4.21. The van der Waals surface area contributed by atoms with Crippen molar-refractivity contribution in [2.45, 2.75) is 30.3 Å². The van der Waals surface area contributed by atoms with E-state index in [1.807, 2.05) is 0 Å². The lowest BCUT2D eigenvalue weighted by molar-refractivity contribution is -0.907. The fourth-order valence-electron chi connectivity index (χ4n) is 3.32. The summed E-state index contributed by atoms with van der Waals surface area (Å²) < 4.78 is 45.8. The third-order valence-corrected chi connectivity index (χ3v) is 6.93. The Morgan fingerprint density at radius 1 is 1.29 bits per heavy atom. The molecule has 8 heteroatoms. The summed E-state index contributed by atoms with van der Waals surface area (Å²) in [5, 5.41) is -0.171. The molecule has 0 saturated carbocycles. The predicted molar refractivity (Wildman–Crippen MR) is 89.3 cm³/mol. The predicted octanol–water partition coefficient (Wildman–Crippen LogP) is 0.937.